The highest BCUT2D eigenvalue weighted by Gasteiger charge is 2.23. The van der Waals surface area contributed by atoms with E-state index < -0.39 is 0 Å². The summed E-state index contributed by atoms with van der Waals surface area (Å²) in [5, 5.41) is 0. The van der Waals surface area contributed by atoms with Crippen molar-refractivity contribution in [1.29, 1.82) is 0 Å². The smallest absolute Gasteiger partial charge is 0.313 e. The Hall–Kier alpha value is -1.51. The highest BCUT2D eigenvalue weighted by molar-refractivity contribution is 5.79. The molecule has 0 fully saturated rings. The van der Waals surface area contributed by atoms with Crippen LogP contribution in [0.15, 0.2) is 12.1 Å². The predicted octanol–water partition coefficient (Wildman–Crippen LogP) is 2.98. The van der Waals surface area contributed by atoms with E-state index in [0.717, 1.165) is 22.4 Å². The van der Waals surface area contributed by atoms with Crippen molar-refractivity contribution >= 4 is 5.97 Å². The molecule has 0 aliphatic carbocycles. The lowest BCUT2D eigenvalue weighted by molar-refractivity contribution is -0.142. The molecule has 17 heavy (non-hydrogen) atoms. The molecule has 0 saturated heterocycles. The van der Waals surface area contributed by atoms with Crippen LogP contribution in [0.5, 0.6) is 5.75 Å². The van der Waals surface area contributed by atoms with Crippen molar-refractivity contribution in [3.63, 3.8) is 0 Å². The average Bonchev–Trinajstić information content (AvgIpc) is 2.33. The van der Waals surface area contributed by atoms with Gasteiger partial charge in [-0.3, -0.25) is 4.79 Å². The molecular weight excluding hydrogens is 216 g/mol. The van der Waals surface area contributed by atoms with Gasteiger partial charge in [0.15, 0.2) is 0 Å². The molecule has 0 N–H and O–H groups in total. The van der Waals surface area contributed by atoms with Crippen LogP contribution in [-0.4, -0.2) is 20.2 Å². The Labute approximate surface area is 103 Å². The maximum Gasteiger partial charge on any atom is 0.313 e. The summed E-state index contributed by atoms with van der Waals surface area (Å²) in [5.41, 5.74) is 3.22. The largest absolute Gasteiger partial charge is 0.496 e. The standard InChI is InChI=1S/C14H20O3/c1-6-11(14(15)17-5)12-7-9(2)10(3)8-13(12)16-4/h7-8,11H,6H2,1-5H3. The zero-order valence-corrected chi connectivity index (χ0v) is 11.2. The lowest BCUT2D eigenvalue weighted by atomic mass is 9.92. The van der Waals surface area contributed by atoms with Gasteiger partial charge in [-0.05, 0) is 37.5 Å². The number of hydrogen-bond acceptors (Lipinski definition) is 3. The summed E-state index contributed by atoms with van der Waals surface area (Å²) < 4.78 is 10.2. The lowest BCUT2D eigenvalue weighted by Crippen LogP contribution is -2.14. The number of benzene rings is 1. The second-order valence-electron chi connectivity index (χ2n) is 4.16. The molecule has 0 spiro atoms. The van der Waals surface area contributed by atoms with E-state index in [9.17, 15) is 4.79 Å². The Morgan fingerprint density at radius 3 is 2.29 bits per heavy atom. The number of carbonyl (C=O) groups excluding carboxylic acids is 1. The fourth-order valence-electron chi connectivity index (χ4n) is 1.92. The monoisotopic (exact) mass is 236 g/mol. The molecule has 0 bridgehead atoms. The van der Waals surface area contributed by atoms with Crippen LogP contribution in [0.25, 0.3) is 0 Å². The molecule has 94 valence electrons. The number of methoxy groups -OCH3 is 2. The van der Waals surface area contributed by atoms with Gasteiger partial charge in [-0.2, -0.15) is 0 Å². The van der Waals surface area contributed by atoms with Gasteiger partial charge in [0.05, 0.1) is 20.1 Å². The third kappa shape index (κ3) is 2.78. The first-order valence-electron chi connectivity index (χ1n) is 5.78. The molecule has 0 aliphatic rings. The highest BCUT2D eigenvalue weighted by Crippen LogP contribution is 2.32. The van der Waals surface area contributed by atoms with Crippen molar-refractivity contribution in [2.24, 2.45) is 0 Å². The van der Waals surface area contributed by atoms with Crippen molar-refractivity contribution in [1.82, 2.24) is 0 Å². The first-order valence-corrected chi connectivity index (χ1v) is 5.78. The Morgan fingerprint density at radius 1 is 1.24 bits per heavy atom. The van der Waals surface area contributed by atoms with Gasteiger partial charge < -0.3 is 9.47 Å². The minimum Gasteiger partial charge on any atom is -0.496 e. The average molecular weight is 236 g/mol. The summed E-state index contributed by atoms with van der Waals surface area (Å²) in [4.78, 5) is 11.7. The molecule has 1 unspecified atom stereocenters. The molecular formula is C14H20O3. The topological polar surface area (TPSA) is 35.5 Å². The molecule has 0 heterocycles. The van der Waals surface area contributed by atoms with Crippen molar-refractivity contribution in [3.8, 4) is 5.75 Å². The molecule has 0 aliphatic heterocycles. The quantitative estimate of drug-likeness (QED) is 0.754. The second kappa shape index (κ2) is 5.71. The highest BCUT2D eigenvalue weighted by atomic mass is 16.5. The van der Waals surface area contributed by atoms with Crippen LogP contribution in [-0.2, 0) is 9.53 Å². The van der Waals surface area contributed by atoms with E-state index in [0.29, 0.717) is 6.42 Å². The second-order valence-corrected chi connectivity index (χ2v) is 4.16. The van der Waals surface area contributed by atoms with Crippen LogP contribution < -0.4 is 4.74 Å². The van der Waals surface area contributed by atoms with Crippen LogP contribution in [0.1, 0.15) is 36.0 Å². The van der Waals surface area contributed by atoms with E-state index >= 15 is 0 Å². The molecule has 1 rings (SSSR count). The van der Waals surface area contributed by atoms with Crippen LogP contribution >= 0.6 is 0 Å². The molecule has 3 heteroatoms. The van der Waals surface area contributed by atoms with Crippen LogP contribution in [0, 0.1) is 13.8 Å². The van der Waals surface area contributed by atoms with Crippen molar-refractivity contribution < 1.29 is 14.3 Å². The van der Waals surface area contributed by atoms with Gasteiger partial charge in [0, 0.05) is 5.56 Å². The molecule has 0 saturated carbocycles. The van der Waals surface area contributed by atoms with Crippen molar-refractivity contribution in [2.75, 3.05) is 14.2 Å². The maximum absolute atomic E-state index is 11.7. The summed E-state index contributed by atoms with van der Waals surface area (Å²) in [6.07, 6.45) is 0.700. The van der Waals surface area contributed by atoms with Crippen LogP contribution in [0.4, 0.5) is 0 Å². The third-order valence-corrected chi connectivity index (χ3v) is 3.12. The van der Waals surface area contributed by atoms with E-state index in [1.54, 1.807) is 7.11 Å². The molecule has 3 nitrogen and oxygen atoms in total. The summed E-state index contributed by atoms with van der Waals surface area (Å²) in [6, 6.07) is 3.98. The number of esters is 1. The van der Waals surface area contributed by atoms with Gasteiger partial charge >= 0.3 is 5.97 Å². The Morgan fingerprint density at radius 2 is 1.82 bits per heavy atom. The number of rotatable bonds is 4. The number of hydrogen-bond donors (Lipinski definition) is 0. The van der Waals surface area contributed by atoms with Crippen LogP contribution in [0.3, 0.4) is 0 Å². The van der Waals surface area contributed by atoms with Crippen molar-refractivity contribution in [3.05, 3.63) is 28.8 Å². The third-order valence-electron chi connectivity index (χ3n) is 3.12. The summed E-state index contributed by atoms with van der Waals surface area (Å²) in [6.45, 7) is 6.03. The van der Waals surface area contributed by atoms with E-state index in [1.165, 1.54) is 7.11 Å². The Kier molecular flexibility index (Phi) is 4.55. The first kappa shape index (κ1) is 13.6. The van der Waals surface area contributed by atoms with E-state index in [-0.39, 0.29) is 11.9 Å². The van der Waals surface area contributed by atoms with E-state index in [1.807, 2.05) is 32.9 Å². The minimum absolute atomic E-state index is 0.214. The molecule has 1 atom stereocenters. The molecule has 0 aromatic heterocycles. The maximum atomic E-state index is 11.7. The fourth-order valence-corrected chi connectivity index (χ4v) is 1.92. The van der Waals surface area contributed by atoms with Gasteiger partial charge in [-0.25, -0.2) is 0 Å². The fraction of sp³-hybridized carbons (Fsp3) is 0.500. The van der Waals surface area contributed by atoms with E-state index in [2.05, 4.69) is 0 Å². The van der Waals surface area contributed by atoms with Gasteiger partial charge in [-0.15, -0.1) is 0 Å². The lowest BCUT2D eigenvalue weighted by Gasteiger charge is -2.18. The Bertz CT molecular complexity index is 410. The zero-order valence-electron chi connectivity index (χ0n) is 11.2. The molecule has 1 aromatic carbocycles. The minimum atomic E-state index is -0.255. The predicted molar refractivity (Wildman–Crippen MR) is 67.5 cm³/mol. The Balaban J connectivity index is 3.27. The van der Waals surface area contributed by atoms with Crippen molar-refractivity contribution in [2.45, 2.75) is 33.1 Å². The normalized spacial score (nSPS) is 12.1. The van der Waals surface area contributed by atoms with Gasteiger partial charge in [0.1, 0.15) is 5.75 Å². The van der Waals surface area contributed by atoms with Gasteiger partial charge in [0.25, 0.3) is 0 Å². The van der Waals surface area contributed by atoms with Gasteiger partial charge in [-0.1, -0.05) is 13.0 Å². The molecule has 1 aromatic rings. The molecule has 0 amide bonds. The summed E-state index contributed by atoms with van der Waals surface area (Å²) >= 11 is 0. The summed E-state index contributed by atoms with van der Waals surface area (Å²) in [5.74, 6) is 0.286. The molecule has 0 radical (unpaired) electrons. The number of aryl methyl sites for hydroxylation is 2. The number of ether oxygens (including phenoxy) is 2. The zero-order chi connectivity index (χ0) is 13.0. The SMILES string of the molecule is CCC(C(=O)OC)c1cc(C)c(C)cc1OC. The first-order chi connectivity index (χ1) is 8.04. The number of carbonyl (C=O) groups is 1. The summed E-state index contributed by atoms with van der Waals surface area (Å²) in [7, 11) is 3.04. The van der Waals surface area contributed by atoms with Crippen LogP contribution in [0.2, 0.25) is 0 Å². The van der Waals surface area contributed by atoms with Gasteiger partial charge in [0.2, 0.25) is 0 Å². The van der Waals surface area contributed by atoms with E-state index in [4.69, 9.17) is 9.47 Å².